The third-order valence-electron chi connectivity index (χ3n) is 4.50. The first kappa shape index (κ1) is 19.3. The highest BCUT2D eigenvalue weighted by atomic mass is 19.4. The number of carbonyl (C=O) groups is 1. The predicted octanol–water partition coefficient (Wildman–Crippen LogP) is 3.37. The van der Waals surface area contributed by atoms with E-state index in [-0.39, 0.29) is 17.3 Å². The Bertz CT molecular complexity index is 766. The number of hydrogen-bond acceptors (Lipinski definition) is 3. The van der Waals surface area contributed by atoms with E-state index in [2.05, 4.69) is 15.7 Å². The Hall–Kier alpha value is -2.42. The summed E-state index contributed by atoms with van der Waals surface area (Å²) < 4.78 is 53.5. The van der Waals surface area contributed by atoms with Gasteiger partial charge in [0.25, 0.3) is 5.91 Å². The number of alkyl halides is 3. The van der Waals surface area contributed by atoms with Gasteiger partial charge in [-0.05, 0) is 43.1 Å². The van der Waals surface area contributed by atoms with Crippen LogP contribution in [0.5, 0.6) is 0 Å². The average Bonchev–Trinajstić information content (AvgIpc) is 3.12. The first-order valence-corrected chi connectivity index (χ1v) is 8.71. The summed E-state index contributed by atoms with van der Waals surface area (Å²) in [5.74, 6) is -1.26. The zero-order valence-electron chi connectivity index (χ0n) is 14.5. The number of amides is 1. The molecule has 0 spiro atoms. The molecule has 1 aromatic heterocycles. The fourth-order valence-electron chi connectivity index (χ4n) is 3.13. The van der Waals surface area contributed by atoms with Crippen LogP contribution < -0.4 is 10.6 Å². The molecule has 1 aliphatic rings. The predicted molar refractivity (Wildman–Crippen MR) is 90.6 cm³/mol. The van der Waals surface area contributed by atoms with Crippen molar-refractivity contribution in [2.24, 2.45) is 0 Å². The molecule has 2 atom stereocenters. The highest BCUT2D eigenvalue weighted by molar-refractivity contribution is 5.92. The molecule has 0 aliphatic carbocycles. The second-order valence-electron chi connectivity index (χ2n) is 6.58. The van der Waals surface area contributed by atoms with Crippen LogP contribution in [-0.4, -0.2) is 35.0 Å². The quantitative estimate of drug-likeness (QED) is 0.778. The molecule has 9 heteroatoms. The maximum absolute atomic E-state index is 13.1. The Kier molecular flexibility index (Phi) is 5.79. The lowest BCUT2D eigenvalue weighted by Crippen LogP contribution is -2.33. The van der Waals surface area contributed by atoms with Gasteiger partial charge in [-0.25, -0.2) is 4.39 Å². The molecule has 0 radical (unpaired) electrons. The molecule has 146 valence electrons. The summed E-state index contributed by atoms with van der Waals surface area (Å²) >= 11 is 0. The van der Waals surface area contributed by atoms with Crippen molar-refractivity contribution in [2.45, 2.75) is 37.5 Å². The van der Waals surface area contributed by atoms with Crippen LogP contribution >= 0.6 is 0 Å². The first-order valence-electron chi connectivity index (χ1n) is 8.71. The minimum Gasteiger partial charge on any atom is -0.343 e. The summed E-state index contributed by atoms with van der Waals surface area (Å²) in [5.41, 5.74) is 0.229. The standard InChI is InChI=1S/C18H20F4N4O/c19-13-5-3-12(4-6-13)16(10-18(20,21)22)24-17(27)15-7-9-26(25-15)14-2-1-8-23-11-14/h3-7,9,14,16,23H,1-2,8,10-11H2,(H,24,27). The Morgan fingerprint density at radius 2 is 2.04 bits per heavy atom. The van der Waals surface area contributed by atoms with Crippen LogP contribution in [0.25, 0.3) is 0 Å². The van der Waals surface area contributed by atoms with Crippen molar-refractivity contribution in [3.8, 4) is 0 Å². The van der Waals surface area contributed by atoms with Gasteiger partial charge in [-0.2, -0.15) is 18.3 Å². The van der Waals surface area contributed by atoms with Gasteiger partial charge in [0, 0.05) is 12.7 Å². The molecular weight excluding hydrogens is 364 g/mol. The number of aromatic nitrogens is 2. The molecule has 27 heavy (non-hydrogen) atoms. The van der Waals surface area contributed by atoms with Crippen LogP contribution in [0.2, 0.25) is 0 Å². The molecule has 3 rings (SSSR count). The minimum absolute atomic E-state index is 0.0508. The van der Waals surface area contributed by atoms with Crippen molar-refractivity contribution in [3.63, 3.8) is 0 Å². The van der Waals surface area contributed by atoms with Gasteiger partial charge in [-0.1, -0.05) is 12.1 Å². The molecule has 2 aromatic rings. The minimum atomic E-state index is -4.49. The van der Waals surface area contributed by atoms with Gasteiger partial charge >= 0.3 is 6.18 Å². The van der Waals surface area contributed by atoms with Crippen LogP contribution in [0.15, 0.2) is 36.5 Å². The third-order valence-corrected chi connectivity index (χ3v) is 4.50. The largest absolute Gasteiger partial charge is 0.391 e. The zero-order chi connectivity index (χ0) is 19.4. The Morgan fingerprint density at radius 1 is 1.30 bits per heavy atom. The van der Waals surface area contributed by atoms with Crippen LogP contribution in [-0.2, 0) is 0 Å². The third kappa shape index (κ3) is 5.29. The van der Waals surface area contributed by atoms with Gasteiger partial charge in [0.2, 0.25) is 0 Å². The van der Waals surface area contributed by atoms with Crippen molar-refractivity contribution in [3.05, 3.63) is 53.6 Å². The Labute approximate surface area is 153 Å². The molecule has 1 saturated heterocycles. The summed E-state index contributed by atoms with van der Waals surface area (Å²) in [6.45, 7) is 1.66. The molecule has 2 N–H and O–H groups in total. The van der Waals surface area contributed by atoms with E-state index >= 15 is 0 Å². The van der Waals surface area contributed by atoms with Crippen LogP contribution in [0.3, 0.4) is 0 Å². The van der Waals surface area contributed by atoms with Crippen molar-refractivity contribution >= 4 is 5.91 Å². The van der Waals surface area contributed by atoms with Gasteiger partial charge in [-0.3, -0.25) is 9.48 Å². The zero-order valence-corrected chi connectivity index (χ0v) is 14.5. The number of nitrogens with zero attached hydrogens (tertiary/aromatic N) is 2. The Balaban J connectivity index is 1.73. The molecule has 5 nitrogen and oxygen atoms in total. The van der Waals surface area contributed by atoms with Gasteiger partial charge < -0.3 is 10.6 Å². The number of nitrogens with one attached hydrogen (secondary N) is 2. The molecule has 0 saturated carbocycles. The van der Waals surface area contributed by atoms with Crippen LogP contribution in [0.4, 0.5) is 17.6 Å². The number of benzene rings is 1. The SMILES string of the molecule is O=C(NC(CC(F)(F)F)c1ccc(F)cc1)c1ccn(C2CCCNC2)n1. The van der Waals surface area contributed by atoms with E-state index in [1.54, 1.807) is 10.9 Å². The second-order valence-corrected chi connectivity index (χ2v) is 6.58. The van der Waals surface area contributed by atoms with E-state index in [0.29, 0.717) is 0 Å². The lowest BCUT2D eigenvalue weighted by molar-refractivity contribution is -0.139. The summed E-state index contributed by atoms with van der Waals surface area (Å²) in [6, 6.07) is 4.88. The average molecular weight is 384 g/mol. The van der Waals surface area contributed by atoms with Crippen molar-refractivity contribution in [2.75, 3.05) is 13.1 Å². The molecule has 1 aliphatic heterocycles. The number of rotatable bonds is 5. The van der Waals surface area contributed by atoms with E-state index in [1.165, 1.54) is 18.2 Å². The Morgan fingerprint density at radius 3 is 2.67 bits per heavy atom. The van der Waals surface area contributed by atoms with E-state index < -0.39 is 30.4 Å². The smallest absolute Gasteiger partial charge is 0.343 e. The maximum Gasteiger partial charge on any atom is 0.391 e. The van der Waals surface area contributed by atoms with Gasteiger partial charge in [0.15, 0.2) is 0 Å². The second kappa shape index (κ2) is 8.08. The number of carbonyl (C=O) groups excluding carboxylic acids is 1. The fraction of sp³-hybridized carbons (Fsp3) is 0.444. The van der Waals surface area contributed by atoms with E-state index in [0.717, 1.165) is 38.1 Å². The van der Waals surface area contributed by atoms with E-state index in [9.17, 15) is 22.4 Å². The molecular formula is C18H20F4N4O. The summed E-state index contributed by atoms with van der Waals surface area (Å²) in [7, 11) is 0. The van der Waals surface area contributed by atoms with E-state index in [4.69, 9.17) is 0 Å². The molecule has 2 heterocycles. The normalized spacial score (nSPS) is 18.9. The number of halogens is 4. The lowest BCUT2D eigenvalue weighted by Gasteiger charge is -2.23. The van der Waals surface area contributed by atoms with Gasteiger partial charge in [-0.15, -0.1) is 0 Å². The fourth-order valence-corrected chi connectivity index (χ4v) is 3.13. The molecule has 1 amide bonds. The molecule has 1 fully saturated rings. The molecule has 2 unspecified atom stereocenters. The monoisotopic (exact) mass is 384 g/mol. The number of piperidine rings is 1. The van der Waals surface area contributed by atoms with Gasteiger partial charge in [0.1, 0.15) is 11.5 Å². The highest BCUT2D eigenvalue weighted by Gasteiger charge is 2.34. The lowest BCUT2D eigenvalue weighted by atomic mass is 10.0. The highest BCUT2D eigenvalue weighted by Crippen LogP contribution is 2.30. The van der Waals surface area contributed by atoms with Crippen molar-refractivity contribution in [1.82, 2.24) is 20.4 Å². The van der Waals surface area contributed by atoms with E-state index in [1.807, 2.05) is 0 Å². The van der Waals surface area contributed by atoms with Crippen molar-refractivity contribution < 1.29 is 22.4 Å². The molecule has 0 bridgehead atoms. The maximum atomic E-state index is 13.1. The topological polar surface area (TPSA) is 59.0 Å². The molecule has 1 aromatic carbocycles. The van der Waals surface area contributed by atoms with Gasteiger partial charge in [0.05, 0.1) is 18.5 Å². The first-order chi connectivity index (χ1) is 12.8. The summed E-state index contributed by atoms with van der Waals surface area (Å²) in [4.78, 5) is 12.4. The summed E-state index contributed by atoms with van der Waals surface area (Å²) in [5, 5.41) is 9.82. The summed E-state index contributed by atoms with van der Waals surface area (Å²) in [6.07, 6.45) is -2.17. The van der Waals surface area contributed by atoms with Crippen molar-refractivity contribution in [1.29, 1.82) is 0 Å². The van der Waals surface area contributed by atoms with Crippen LogP contribution in [0.1, 0.15) is 47.4 Å². The number of hydrogen-bond donors (Lipinski definition) is 2. The van der Waals surface area contributed by atoms with Crippen LogP contribution in [0, 0.1) is 5.82 Å².